The Morgan fingerprint density at radius 1 is 1.53 bits per heavy atom. The fourth-order valence-corrected chi connectivity index (χ4v) is 2.93. The Bertz CT molecular complexity index is 502. The first kappa shape index (κ1) is 14.3. The van der Waals surface area contributed by atoms with E-state index in [1.54, 1.807) is 19.2 Å². The van der Waals surface area contributed by atoms with E-state index in [0.717, 1.165) is 23.1 Å². The molecule has 0 saturated carbocycles. The molecule has 1 aliphatic heterocycles. The average Bonchev–Trinajstić information content (AvgIpc) is 2.77. The third kappa shape index (κ3) is 2.92. The van der Waals surface area contributed by atoms with Crippen LogP contribution in [0.4, 0.5) is 0 Å². The van der Waals surface area contributed by atoms with Gasteiger partial charge in [0.1, 0.15) is 17.7 Å². The van der Waals surface area contributed by atoms with Crippen LogP contribution in [0.1, 0.15) is 25.3 Å². The van der Waals surface area contributed by atoms with Crippen LogP contribution in [0.3, 0.4) is 0 Å². The van der Waals surface area contributed by atoms with Gasteiger partial charge in [0.25, 0.3) is 0 Å². The largest absolute Gasteiger partial charge is 0.507 e. The van der Waals surface area contributed by atoms with Gasteiger partial charge in [0, 0.05) is 5.71 Å². The third-order valence-corrected chi connectivity index (χ3v) is 4.10. The van der Waals surface area contributed by atoms with Gasteiger partial charge in [-0.2, -0.15) is 0 Å². The Kier molecular flexibility index (Phi) is 4.47. The molecule has 1 atom stereocenters. The number of aliphatic imine (C=N–C) groups is 1. The summed E-state index contributed by atoms with van der Waals surface area (Å²) < 4.78 is 6.18. The fourth-order valence-electron chi connectivity index (χ4n) is 2.44. The molecule has 2 rings (SSSR count). The number of nitrogens with zero attached hydrogens (tertiary/aromatic N) is 2. The summed E-state index contributed by atoms with van der Waals surface area (Å²) in [6.45, 7) is 2.99. The number of hydrogen-bond acceptors (Lipinski definition) is 4. The van der Waals surface area contributed by atoms with Crippen LogP contribution in [0.5, 0.6) is 11.5 Å². The highest BCUT2D eigenvalue weighted by Crippen LogP contribution is 2.35. The van der Waals surface area contributed by atoms with Gasteiger partial charge in [0.05, 0.1) is 17.1 Å². The number of halogens is 1. The molecule has 1 N–H and O–H groups in total. The van der Waals surface area contributed by atoms with Crippen LogP contribution in [0.15, 0.2) is 21.6 Å². The minimum absolute atomic E-state index is 0.196. The number of methoxy groups -OCH3 is 1. The zero-order chi connectivity index (χ0) is 14.0. The fraction of sp³-hybridized carbons (Fsp3) is 0.500. The molecule has 1 unspecified atom stereocenters. The smallest absolute Gasteiger partial charge is 0.145 e. The van der Waals surface area contributed by atoms with Gasteiger partial charge in [-0.1, -0.05) is 0 Å². The maximum atomic E-state index is 10.1. The van der Waals surface area contributed by atoms with E-state index in [0.29, 0.717) is 11.3 Å². The van der Waals surface area contributed by atoms with Crippen LogP contribution in [0, 0.1) is 0 Å². The molecule has 0 aromatic heterocycles. The SMILES string of the molecule is COc1c(Br)ccc(O)c1/C(C)=N/C1CCCN1C. The molecule has 1 heterocycles. The second-order valence-electron chi connectivity index (χ2n) is 4.79. The van der Waals surface area contributed by atoms with Gasteiger partial charge in [0.15, 0.2) is 0 Å². The van der Waals surface area contributed by atoms with Crippen molar-refractivity contribution in [1.82, 2.24) is 4.90 Å². The van der Waals surface area contributed by atoms with Crippen molar-refractivity contribution in [3.63, 3.8) is 0 Å². The van der Waals surface area contributed by atoms with Crippen molar-refractivity contribution >= 4 is 21.6 Å². The first-order chi connectivity index (χ1) is 9.04. The lowest BCUT2D eigenvalue weighted by Crippen LogP contribution is -2.24. The number of benzene rings is 1. The summed E-state index contributed by atoms with van der Waals surface area (Å²) in [5, 5.41) is 10.1. The van der Waals surface area contributed by atoms with E-state index in [1.165, 1.54) is 6.42 Å². The van der Waals surface area contributed by atoms with Gasteiger partial charge in [-0.05, 0) is 61.4 Å². The number of aromatic hydroxyl groups is 1. The highest BCUT2D eigenvalue weighted by atomic mass is 79.9. The molecular formula is C14H19BrN2O2. The van der Waals surface area contributed by atoms with Crippen LogP contribution < -0.4 is 4.74 Å². The number of likely N-dealkylation sites (tertiary alicyclic amines) is 1. The van der Waals surface area contributed by atoms with Crippen molar-refractivity contribution < 1.29 is 9.84 Å². The van der Waals surface area contributed by atoms with Crippen molar-refractivity contribution in [1.29, 1.82) is 0 Å². The summed E-state index contributed by atoms with van der Waals surface area (Å²) in [4.78, 5) is 6.95. The topological polar surface area (TPSA) is 45.1 Å². The molecule has 4 nitrogen and oxygen atoms in total. The van der Waals surface area contributed by atoms with E-state index in [-0.39, 0.29) is 11.9 Å². The first-order valence-corrected chi connectivity index (χ1v) is 7.14. The maximum absolute atomic E-state index is 10.1. The maximum Gasteiger partial charge on any atom is 0.145 e. The molecule has 0 spiro atoms. The molecule has 1 aromatic carbocycles. The Labute approximate surface area is 122 Å². The minimum atomic E-state index is 0.196. The van der Waals surface area contributed by atoms with Crippen molar-refractivity contribution in [2.24, 2.45) is 4.99 Å². The molecule has 1 fully saturated rings. The summed E-state index contributed by atoms with van der Waals surface area (Å²) in [6.07, 6.45) is 2.42. The zero-order valence-electron chi connectivity index (χ0n) is 11.5. The Balaban J connectivity index is 2.40. The van der Waals surface area contributed by atoms with Crippen LogP contribution in [-0.2, 0) is 0 Å². The first-order valence-electron chi connectivity index (χ1n) is 6.35. The molecule has 1 aliphatic rings. The number of phenolic OH excluding ortho intramolecular Hbond substituents is 1. The molecule has 5 heteroatoms. The normalized spacial score (nSPS) is 20.8. The van der Waals surface area contributed by atoms with Crippen molar-refractivity contribution in [2.45, 2.75) is 25.9 Å². The summed E-state index contributed by atoms with van der Waals surface area (Å²) in [7, 11) is 3.67. The number of ether oxygens (including phenoxy) is 1. The molecule has 1 aromatic rings. The Morgan fingerprint density at radius 3 is 2.84 bits per heavy atom. The lowest BCUT2D eigenvalue weighted by atomic mass is 10.1. The van der Waals surface area contributed by atoms with Gasteiger partial charge < -0.3 is 9.84 Å². The van der Waals surface area contributed by atoms with Crippen molar-refractivity contribution in [3.05, 3.63) is 22.2 Å². The standard InChI is InChI=1S/C14H19BrN2O2/c1-9(16-12-5-4-8-17(12)2)13-11(18)7-6-10(15)14(13)19-3/h6-7,12,18H,4-5,8H2,1-3H3/b16-9+. The lowest BCUT2D eigenvalue weighted by molar-refractivity contribution is 0.320. The van der Waals surface area contributed by atoms with Gasteiger partial charge in [-0.25, -0.2) is 0 Å². The van der Waals surface area contributed by atoms with E-state index in [4.69, 9.17) is 9.73 Å². The summed E-state index contributed by atoms with van der Waals surface area (Å²) in [6, 6.07) is 3.42. The van der Waals surface area contributed by atoms with E-state index < -0.39 is 0 Å². The molecule has 0 aliphatic carbocycles. The number of hydrogen-bond donors (Lipinski definition) is 1. The van der Waals surface area contributed by atoms with Gasteiger partial charge in [-0.15, -0.1) is 0 Å². The average molecular weight is 327 g/mol. The predicted molar refractivity (Wildman–Crippen MR) is 80.2 cm³/mol. The summed E-state index contributed by atoms with van der Waals surface area (Å²) in [5.41, 5.74) is 1.46. The van der Waals surface area contributed by atoms with Crippen molar-refractivity contribution in [3.8, 4) is 11.5 Å². The van der Waals surface area contributed by atoms with Crippen molar-refractivity contribution in [2.75, 3.05) is 20.7 Å². The molecule has 0 bridgehead atoms. The van der Waals surface area contributed by atoms with E-state index in [9.17, 15) is 5.11 Å². The zero-order valence-corrected chi connectivity index (χ0v) is 13.1. The monoisotopic (exact) mass is 326 g/mol. The second kappa shape index (κ2) is 5.92. The Morgan fingerprint density at radius 2 is 2.26 bits per heavy atom. The number of rotatable bonds is 3. The molecule has 0 amide bonds. The van der Waals surface area contributed by atoms with Crippen LogP contribution >= 0.6 is 15.9 Å². The van der Waals surface area contributed by atoms with Crippen LogP contribution in [-0.4, -0.2) is 42.6 Å². The highest BCUT2D eigenvalue weighted by Gasteiger charge is 2.22. The molecular weight excluding hydrogens is 308 g/mol. The Hall–Kier alpha value is -1.07. The predicted octanol–water partition coefficient (Wildman–Crippen LogP) is 3.02. The molecule has 104 valence electrons. The van der Waals surface area contributed by atoms with Gasteiger partial charge >= 0.3 is 0 Å². The second-order valence-corrected chi connectivity index (χ2v) is 5.65. The summed E-state index contributed by atoms with van der Waals surface area (Å²) >= 11 is 3.43. The molecule has 1 saturated heterocycles. The highest BCUT2D eigenvalue weighted by molar-refractivity contribution is 9.10. The number of phenols is 1. The van der Waals surface area contributed by atoms with E-state index >= 15 is 0 Å². The lowest BCUT2D eigenvalue weighted by Gasteiger charge is -2.18. The van der Waals surface area contributed by atoms with Gasteiger partial charge in [-0.3, -0.25) is 9.89 Å². The molecule has 19 heavy (non-hydrogen) atoms. The molecule has 0 radical (unpaired) electrons. The van der Waals surface area contributed by atoms with Crippen LogP contribution in [0.25, 0.3) is 0 Å². The third-order valence-electron chi connectivity index (χ3n) is 3.48. The quantitative estimate of drug-likeness (QED) is 0.868. The van der Waals surface area contributed by atoms with E-state index in [2.05, 4.69) is 27.9 Å². The van der Waals surface area contributed by atoms with Gasteiger partial charge in [0.2, 0.25) is 0 Å². The van der Waals surface area contributed by atoms with Crippen LogP contribution in [0.2, 0.25) is 0 Å². The van der Waals surface area contributed by atoms with E-state index in [1.807, 2.05) is 6.92 Å². The summed E-state index contributed by atoms with van der Waals surface area (Å²) in [5.74, 6) is 0.823. The minimum Gasteiger partial charge on any atom is -0.507 e.